The van der Waals surface area contributed by atoms with Gasteiger partial charge in [-0.3, -0.25) is 0 Å². The van der Waals surface area contributed by atoms with Crippen LogP contribution in [0, 0.1) is 12.7 Å². The fourth-order valence-electron chi connectivity index (χ4n) is 2.80. The third-order valence-corrected chi connectivity index (χ3v) is 3.95. The van der Waals surface area contributed by atoms with Gasteiger partial charge in [-0.15, -0.1) is 0 Å². The molecule has 1 aromatic carbocycles. The van der Waals surface area contributed by atoms with Crippen molar-refractivity contribution in [1.82, 2.24) is 0 Å². The molecule has 1 aromatic rings. The van der Waals surface area contributed by atoms with Crippen LogP contribution in [0.4, 0.5) is 10.1 Å². The number of nitrogens with one attached hydrogen (secondary N) is 1. The molecule has 1 aliphatic rings. The molecule has 2 rings (SSSR count). The summed E-state index contributed by atoms with van der Waals surface area (Å²) in [5, 5.41) is 12.6. The third kappa shape index (κ3) is 3.10. The zero-order valence-corrected chi connectivity index (χ0v) is 11.8. The molecule has 110 valence electrons. The van der Waals surface area contributed by atoms with E-state index in [1.807, 2.05) is 0 Å². The molecule has 0 unspecified atom stereocenters. The number of halogens is 1. The van der Waals surface area contributed by atoms with Gasteiger partial charge < -0.3 is 15.2 Å². The van der Waals surface area contributed by atoms with Gasteiger partial charge >= 0.3 is 5.97 Å². The monoisotopic (exact) mass is 281 g/mol. The Morgan fingerprint density at radius 2 is 2.05 bits per heavy atom. The summed E-state index contributed by atoms with van der Waals surface area (Å²) in [5.74, 6) is -1.26. The van der Waals surface area contributed by atoms with Crippen molar-refractivity contribution in [3.8, 4) is 0 Å². The number of anilines is 1. The maximum Gasteiger partial charge on any atom is 0.329 e. The summed E-state index contributed by atoms with van der Waals surface area (Å²) in [6, 6.07) is 4.51. The summed E-state index contributed by atoms with van der Waals surface area (Å²) < 4.78 is 18.7. The Morgan fingerprint density at radius 1 is 1.40 bits per heavy atom. The average Bonchev–Trinajstić information content (AvgIpc) is 2.38. The van der Waals surface area contributed by atoms with Gasteiger partial charge in [0.15, 0.2) is 0 Å². The van der Waals surface area contributed by atoms with Crippen LogP contribution in [-0.2, 0) is 9.53 Å². The summed E-state index contributed by atoms with van der Waals surface area (Å²) in [5.41, 5.74) is 0.245. The molecular formula is C15H20FNO3. The van der Waals surface area contributed by atoms with E-state index in [-0.39, 0.29) is 11.9 Å². The van der Waals surface area contributed by atoms with Crippen molar-refractivity contribution in [1.29, 1.82) is 0 Å². The van der Waals surface area contributed by atoms with Gasteiger partial charge in [0.2, 0.25) is 0 Å². The summed E-state index contributed by atoms with van der Waals surface area (Å²) in [7, 11) is 1.64. The first-order valence-corrected chi connectivity index (χ1v) is 6.77. The maximum absolute atomic E-state index is 13.4. The van der Waals surface area contributed by atoms with Gasteiger partial charge in [-0.1, -0.05) is 0 Å². The number of methoxy groups -OCH3 is 1. The highest BCUT2D eigenvalue weighted by Gasteiger charge is 2.42. The van der Waals surface area contributed by atoms with Gasteiger partial charge in [0.25, 0.3) is 0 Å². The molecule has 1 fully saturated rings. The number of rotatable bonds is 4. The minimum Gasteiger partial charge on any atom is -0.480 e. The Hall–Kier alpha value is -1.62. The SMILES string of the molecule is COC1CCC(Nc2cc(C)cc(F)c2)(C(=O)O)CC1. The first kappa shape index (κ1) is 14.8. The number of hydrogen-bond donors (Lipinski definition) is 2. The molecule has 0 aliphatic heterocycles. The second kappa shape index (κ2) is 5.79. The second-order valence-electron chi connectivity index (χ2n) is 5.46. The Bertz CT molecular complexity index is 476. The zero-order valence-electron chi connectivity index (χ0n) is 11.8. The molecule has 1 aliphatic carbocycles. The van der Waals surface area contributed by atoms with E-state index in [1.165, 1.54) is 12.1 Å². The molecule has 0 amide bonds. The van der Waals surface area contributed by atoms with Gasteiger partial charge in [-0.05, 0) is 56.4 Å². The quantitative estimate of drug-likeness (QED) is 0.891. The molecule has 0 radical (unpaired) electrons. The molecule has 0 saturated heterocycles. The predicted molar refractivity (Wildman–Crippen MR) is 74.4 cm³/mol. The van der Waals surface area contributed by atoms with Crippen LogP contribution in [0.15, 0.2) is 18.2 Å². The lowest BCUT2D eigenvalue weighted by Gasteiger charge is -2.37. The van der Waals surface area contributed by atoms with Crippen LogP contribution in [0.2, 0.25) is 0 Å². The van der Waals surface area contributed by atoms with Crippen LogP contribution in [0.1, 0.15) is 31.2 Å². The fourth-order valence-corrected chi connectivity index (χ4v) is 2.80. The molecule has 2 N–H and O–H groups in total. The molecule has 0 bridgehead atoms. The van der Waals surface area contributed by atoms with Gasteiger partial charge in [0.1, 0.15) is 11.4 Å². The van der Waals surface area contributed by atoms with Crippen molar-refractivity contribution < 1.29 is 19.0 Å². The predicted octanol–water partition coefficient (Wildman–Crippen LogP) is 2.96. The average molecular weight is 281 g/mol. The summed E-state index contributed by atoms with van der Waals surface area (Å²) in [6.45, 7) is 1.78. The minimum atomic E-state index is -1.03. The van der Waals surface area contributed by atoms with Crippen molar-refractivity contribution in [3.05, 3.63) is 29.6 Å². The Labute approximate surface area is 117 Å². The molecule has 1 saturated carbocycles. The minimum absolute atomic E-state index is 0.110. The number of carboxylic acid groups (broad SMARTS) is 1. The Kier molecular flexibility index (Phi) is 4.28. The smallest absolute Gasteiger partial charge is 0.329 e. The van der Waals surface area contributed by atoms with Crippen molar-refractivity contribution >= 4 is 11.7 Å². The lowest BCUT2D eigenvalue weighted by atomic mass is 9.80. The molecular weight excluding hydrogens is 261 g/mol. The van der Waals surface area contributed by atoms with E-state index in [2.05, 4.69) is 5.32 Å². The number of hydrogen-bond acceptors (Lipinski definition) is 3. The molecule has 0 aromatic heterocycles. The van der Waals surface area contributed by atoms with Crippen LogP contribution in [0.25, 0.3) is 0 Å². The van der Waals surface area contributed by atoms with E-state index in [4.69, 9.17) is 4.74 Å². The highest BCUT2D eigenvalue weighted by Crippen LogP contribution is 2.33. The Balaban J connectivity index is 2.20. The maximum atomic E-state index is 13.4. The summed E-state index contributed by atoms with van der Waals surface area (Å²) >= 11 is 0. The van der Waals surface area contributed by atoms with Gasteiger partial charge in [0, 0.05) is 12.8 Å². The molecule has 4 nitrogen and oxygen atoms in total. The number of benzene rings is 1. The van der Waals surface area contributed by atoms with Crippen molar-refractivity contribution in [2.24, 2.45) is 0 Å². The van der Waals surface area contributed by atoms with E-state index < -0.39 is 11.5 Å². The fraction of sp³-hybridized carbons (Fsp3) is 0.533. The highest BCUT2D eigenvalue weighted by atomic mass is 19.1. The number of aliphatic carboxylic acids is 1. The standard InChI is InChI=1S/C15H20FNO3/c1-10-7-11(16)9-12(8-10)17-15(14(18)19)5-3-13(20-2)4-6-15/h7-9,13,17H,3-6H2,1-2H3,(H,18,19). The first-order chi connectivity index (χ1) is 9.45. The van der Waals surface area contributed by atoms with Gasteiger partial charge in [-0.2, -0.15) is 0 Å². The number of aryl methyl sites for hydroxylation is 1. The van der Waals surface area contributed by atoms with Crippen LogP contribution in [0.3, 0.4) is 0 Å². The van der Waals surface area contributed by atoms with Gasteiger partial charge in [0.05, 0.1) is 6.10 Å². The second-order valence-corrected chi connectivity index (χ2v) is 5.46. The lowest BCUT2D eigenvalue weighted by molar-refractivity contribution is -0.144. The number of ether oxygens (including phenoxy) is 1. The highest BCUT2D eigenvalue weighted by molar-refractivity contribution is 5.83. The molecule has 0 atom stereocenters. The zero-order chi connectivity index (χ0) is 14.8. The normalized spacial score (nSPS) is 26.2. The molecule has 20 heavy (non-hydrogen) atoms. The summed E-state index contributed by atoms with van der Waals surface area (Å²) in [4.78, 5) is 11.6. The summed E-state index contributed by atoms with van der Waals surface area (Å²) in [6.07, 6.45) is 2.42. The molecule has 0 heterocycles. The van der Waals surface area contributed by atoms with Crippen molar-refractivity contribution in [2.75, 3.05) is 12.4 Å². The van der Waals surface area contributed by atoms with E-state index in [1.54, 1.807) is 20.1 Å². The lowest BCUT2D eigenvalue weighted by Crippen LogP contribution is -2.50. The van der Waals surface area contributed by atoms with E-state index in [0.717, 1.165) is 5.56 Å². The topological polar surface area (TPSA) is 58.6 Å². The Morgan fingerprint density at radius 3 is 2.55 bits per heavy atom. The van der Waals surface area contributed by atoms with Crippen molar-refractivity contribution in [2.45, 2.75) is 44.2 Å². The van der Waals surface area contributed by atoms with Crippen LogP contribution in [0.5, 0.6) is 0 Å². The molecule has 0 spiro atoms. The van der Waals surface area contributed by atoms with E-state index in [9.17, 15) is 14.3 Å². The number of carboxylic acids is 1. The largest absolute Gasteiger partial charge is 0.480 e. The number of carbonyl (C=O) groups is 1. The van der Waals surface area contributed by atoms with Crippen LogP contribution in [-0.4, -0.2) is 29.8 Å². The van der Waals surface area contributed by atoms with Crippen LogP contribution < -0.4 is 5.32 Å². The third-order valence-electron chi connectivity index (χ3n) is 3.95. The van der Waals surface area contributed by atoms with Crippen LogP contribution >= 0.6 is 0 Å². The van der Waals surface area contributed by atoms with Gasteiger partial charge in [-0.25, -0.2) is 9.18 Å². The van der Waals surface area contributed by atoms with E-state index >= 15 is 0 Å². The first-order valence-electron chi connectivity index (χ1n) is 6.77. The molecule has 5 heteroatoms. The van der Waals surface area contributed by atoms with E-state index in [0.29, 0.717) is 31.4 Å². The van der Waals surface area contributed by atoms with Crippen molar-refractivity contribution in [3.63, 3.8) is 0 Å².